The van der Waals surface area contributed by atoms with Gasteiger partial charge in [-0.3, -0.25) is 18.4 Å². The molecule has 3 aromatic carbocycles. The van der Waals surface area contributed by atoms with Gasteiger partial charge in [0, 0.05) is 37.1 Å². The third-order valence-electron chi connectivity index (χ3n) is 5.98. The van der Waals surface area contributed by atoms with E-state index in [0.29, 0.717) is 5.56 Å². The van der Waals surface area contributed by atoms with Crippen LogP contribution in [-0.4, -0.2) is 33.3 Å². The molecule has 0 amide bonds. The van der Waals surface area contributed by atoms with Crippen molar-refractivity contribution in [2.45, 2.75) is 40.4 Å². The van der Waals surface area contributed by atoms with E-state index >= 15 is 0 Å². The van der Waals surface area contributed by atoms with Gasteiger partial charge in [0.05, 0.1) is 11.3 Å². The molecule has 0 aromatic heterocycles. The first-order valence-corrected chi connectivity index (χ1v) is 13.4. The van der Waals surface area contributed by atoms with Gasteiger partial charge in [-0.05, 0) is 54.6 Å². The van der Waals surface area contributed by atoms with E-state index in [4.69, 9.17) is 11.5 Å². The number of ketones is 2. The van der Waals surface area contributed by atoms with Crippen LogP contribution in [0.25, 0.3) is 0 Å². The Morgan fingerprint density at radius 1 is 0.914 bits per heavy atom. The molecule has 0 saturated heterocycles. The lowest BCUT2D eigenvalue weighted by Gasteiger charge is -2.25. The standard InChI is InChI=1S/C23H20N2O7S3/c1-9-18(24)10(2)23(35(30,31)32)11(3)22(9)33-14-8-15(34(28)29)19(25)17-16(14)20(26)12-6-4-5-7-13(12)21(17)27/h4-8H,24-25H2,1-3H3,(H,28,29)(H,30,31,32)/p-1. The van der Waals surface area contributed by atoms with Crippen LogP contribution in [0.3, 0.4) is 0 Å². The number of carbonyl (C=O) groups excluding carboxylic acids is 2. The Morgan fingerprint density at radius 2 is 1.46 bits per heavy atom. The minimum atomic E-state index is -4.66. The lowest BCUT2D eigenvalue weighted by molar-refractivity contribution is 0.0977. The average molecular weight is 532 g/mol. The zero-order valence-corrected chi connectivity index (χ0v) is 21.1. The predicted molar refractivity (Wildman–Crippen MR) is 130 cm³/mol. The number of benzene rings is 3. The molecular weight excluding hydrogens is 512 g/mol. The average Bonchev–Trinajstić information content (AvgIpc) is 2.78. The Bertz CT molecular complexity index is 1610. The van der Waals surface area contributed by atoms with E-state index in [2.05, 4.69) is 0 Å². The Labute approximate surface area is 207 Å². The van der Waals surface area contributed by atoms with E-state index in [1.807, 2.05) is 0 Å². The van der Waals surface area contributed by atoms with Crippen molar-refractivity contribution in [3.05, 3.63) is 69.3 Å². The van der Waals surface area contributed by atoms with E-state index < -0.39 is 32.8 Å². The summed E-state index contributed by atoms with van der Waals surface area (Å²) in [6.45, 7) is 4.55. The molecule has 3 aromatic rings. The first-order valence-electron chi connectivity index (χ1n) is 10.1. The molecule has 1 aliphatic rings. The molecular formula is C23H19N2O7S3-. The number of rotatable bonds is 4. The van der Waals surface area contributed by atoms with Crippen LogP contribution in [0.4, 0.5) is 11.4 Å². The zero-order chi connectivity index (χ0) is 26.0. The molecule has 0 fully saturated rings. The minimum Gasteiger partial charge on any atom is -0.768 e. The Kier molecular flexibility index (Phi) is 6.14. The summed E-state index contributed by atoms with van der Waals surface area (Å²) in [6, 6.07) is 7.29. The molecule has 0 spiro atoms. The first kappa shape index (κ1) is 25.1. The lowest BCUT2D eigenvalue weighted by atomic mass is 9.83. The summed E-state index contributed by atoms with van der Waals surface area (Å²) in [5.74, 6) is -1.13. The van der Waals surface area contributed by atoms with Crippen molar-refractivity contribution < 1.29 is 31.3 Å². The highest BCUT2D eigenvalue weighted by Gasteiger charge is 2.35. The number of hydrogen-bond acceptors (Lipinski definition) is 9. The Hall–Kier alpha value is -3.03. The molecule has 9 nitrogen and oxygen atoms in total. The van der Waals surface area contributed by atoms with Gasteiger partial charge in [-0.2, -0.15) is 8.42 Å². The number of hydrogen-bond donors (Lipinski definition) is 3. The van der Waals surface area contributed by atoms with Crippen LogP contribution in [0.5, 0.6) is 0 Å². The van der Waals surface area contributed by atoms with Crippen molar-refractivity contribution in [3.63, 3.8) is 0 Å². The van der Waals surface area contributed by atoms with Crippen LogP contribution in [-0.2, 0) is 21.2 Å². The summed E-state index contributed by atoms with van der Waals surface area (Å²) in [7, 11) is -4.66. The van der Waals surface area contributed by atoms with Gasteiger partial charge in [-0.25, -0.2) is 0 Å². The predicted octanol–water partition coefficient (Wildman–Crippen LogP) is 3.19. The summed E-state index contributed by atoms with van der Waals surface area (Å²) in [5, 5.41) is 0. The fourth-order valence-corrected chi connectivity index (χ4v) is 7.15. The van der Waals surface area contributed by atoms with Gasteiger partial charge < -0.3 is 16.0 Å². The van der Waals surface area contributed by atoms with Crippen molar-refractivity contribution >= 4 is 55.9 Å². The topological polar surface area (TPSA) is 181 Å². The maximum Gasteiger partial charge on any atom is 0.295 e. The highest BCUT2D eigenvalue weighted by Crippen LogP contribution is 2.46. The van der Waals surface area contributed by atoms with Crippen LogP contribution in [0.1, 0.15) is 48.5 Å². The number of anilines is 2. The number of nitrogen functional groups attached to an aromatic ring is 2. The quantitative estimate of drug-likeness (QED) is 0.201. The maximum atomic E-state index is 13.5. The molecule has 0 aliphatic heterocycles. The largest absolute Gasteiger partial charge is 0.768 e. The minimum absolute atomic E-state index is 0.0805. The van der Waals surface area contributed by atoms with E-state index in [0.717, 1.165) is 11.8 Å². The van der Waals surface area contributed by atoms with Gasteiger partial charge >= 0.3 is 0 Å². The molecule has 1 unspecified atom stereocenters. The summed E-state index contributed by atoms with van der Waals surface area (Å²) >= 11 is -1.97. The molecule has 0 radical (unpaired) electrons. The second-order valence-electron chi connectivity index (χ2n) is 8.00. The molecule has 0 bridgehead atoms. The molecule has 1 aliphatic carbocycles. The molecule has 182 valence electrons. The molecule has 12 heteroatoms. The Balaban J connectivity index is 2.07. The lowest BCUT2D eigenvalue weighted by Crippen LogP contribution is -2.24. The van der Waals surface area contributed by atoms with Gasteiger partial charge in [0.2, 0.25) is 0 Å². The highest BCUT2D eigenvalue weighted by molar-refractivity contribution is 7.99. The molecule has 0 saturated carbocycles. The van der Waals surface area contributed by atoms with Crippen LogP contribution < -0.4 is 11.5 Å². The summed E-state index contributed by atoms with van der Waals surface area (Å²) in [4.78, 5) is 26.4. The van der Waals surface area contributed by atoms with Gasteiger partial charge in [0.1, 0.15) is 4.90 Å². The fraction of sp³-hybridized carbons (Fsp3) is 0.130. The molecule has 35 heavy (non-hydrogen) atoms. The number of nitrogens with two attached hydrogens (primary N) is 2. The maximum absolute atomic E-state index is 13.5. The third kappa shape index (κ3) is 3.87. The molecule has 0 heterocycles. The van der Waals surface area contributed by atoms with Crippen LogP contribution in [0.2, 0.25) is 0 Å². The van der Waals surface area contributed by atoms with Crippen LogP contribution in [0.15, 0.2) is 49.9 Å². The van der Waals surface area contributed by atoms with E-state index in [1.54, 1.807) is 19.1 Å². The van der Waals surface area contributed by atoms with E-state index in [1.165, 1.54) is 32.0 Å². The number of fused-ring (bicyclic) bond motifs is 2. The Morgan fingerprint density at radius 3 is 1.97 bits per heavy atom. The van der Waals surface area contributed by atoms with Crippen molar-refractivity contribution in [1.82, 2.24) is 0 Å². The first-order chi connectivity index (χ1) is 16.3. The second kappa shape index (κ2) is 8.57. The highest BCUT2D eigenvalue weighted by atomic mass is 32.2. The van der Waals surface area contributed by atoms with Crippen molar-refractivity contribution in [2.75, 3.05) is 11.5 Å². The van der Waals surface area contributed by atoms with Crippen molar-refractivity contribution in [3.8, 4) is 0 Å². The van der Waals surface area contributed by atoms with Crippen LogP contribution in [0, 0.1) is 20.8 Å². The smallest absolute Gasteiger partial charge is 0.295 e. The van der Waals surface area contributed by atoms with Crippen molar-refractivity contribution in [2.24, 2.45) is 0 Å². The third-order valence-corrected chi connectivity index (χ3v) is 9.17. The van der Waals surface area contributed by atoms with Gasteiger partial charge in [0.15, 0.2) is 11.6 Å². The monoisotopic (exact) mass is 531 g/mol. The molecule has 4 rings (SSSR count). The normalized spacial score (nSPS) is 14.0. The summed E-state index contributed by atoms with van der Waals surface area (Å²) < 4.78 is 57.9. The zero-order valence-electron chi connectivity index (χ0n) is 18.7. The van der Waals surface area contributed by atoms with Crippen molar-refractivity contribution in [1.29, 1.82) is 0 Å². The van der Waals surface area contributed by atoms with Gasteiger partial charge in [-0.15, -0.1) is 0 Å². The SMILES string of the molecule is Cc1c(N)c(C)c(S(=O)(=O)O)c(C)c1Sc1cc(S(=O)[O-])c(N)c2c1C(=O)c1ccccc1C2=O. The van der Waals surface area contributed by atoms with Gasteiger partial charge in [0.25, 0.3) is 10.1 Å². The summed E-state index contributed by atoms with van der Waals surface area (Å²) in [6.07, 6.45) is 0. The van der Waals surface area contributed by atoms with Crippen LogP contribution >= 0.6 is 11.8 Å². The van der Waals surface area contributed by atoms with Gasteiger partial charge in [-0.1, -0.05) is 36.0 Å². The number of carbonyl (C=O) groups is 2. The molecule has 5 N–H and O–H groups in total. The second-order valence-corrected chi connectivity index (χ2v) is 11.3. The van der Waals surface area contributed by atoms with E-state index in [9.17, 15) is 31.3 Å². The van der Waals surface area contributed by atoms with E-state index in [-0.39, 0.29) is 64.3 Å². The summed E-state index contributed by atoms with van der Waals surface area (Å²) in [5.41, 5.74) is 12.6. The fourth-order valence-electron chi connectivity index (χ4n) is 4.32. The molecule has 1 atom stereocenters.